The number of carbonyl (C=O) groups excluding carboxylic acids is 1. The van der Waals surface area contributed by atoms with Gasteiger partial charge in [-0.2, -0.15) is 10.1 Å². The molecule has 172 valence electrons. The Balaban J connectivity index is 1.47. The Morgan fingerprint density at radius 2 is 1.97 bits per heavy atom. The molecule has 4 aromatic rings. The number of benzene rings is 1. The van der Waals surface area contributed by atoms with Gasteiger partial charge in [0.1, 0.15) is 5.65 Å². The van der Waals surface area contributed by atoms with Gasteiger partial charge in [-0.25, -0.2) is 4.98 Å². The van der Waals surface area contributed by atoms with Gasteiger partial charge in [0.25, 0.3) is 5.91 Å². The lowest BCUT2D eigenvalue weighted by Crippen LogP contribution is -2.24. The predicted octanol–water partition coefficient (Wildman–Crippen LogP) is 3.83. The van der Waals surface area contributed by atoms with E-state index in [0.29, 0.717) is 24.6 Å². The Morgan fingerprint density at radius 3 is 2.76 bits per heavy atom. The number of nitrogens with two attached hydrogens (primary N) is 1. The molecule has 4 rings (SSSR count). The van der Waals surface area contributed by atoms with Crippen LogP contribution < -0.4 is 16.4 Å². The van der Waals surface area contributed by atoms with E-state index in [-0.39, 0.29) is 5.91 Å². The lowest BCUT2D eigenvalue weighted by atomic mass is 10.2. The van der Waals surface area contributed by atoms with Gasteiger partial charge in [-0.3, -0.25) is 9.48 Å². The van der Waals surface area contributed by atoms with Crippen LogP contribution in [0.1, 0.15) is 43.0 Å². The van der Waals surface area contributed by atoms with Crippen molar-refractivity contribution in [3.63, 3.8) is 0 Å². The topological polar surface area (TPSA) is 127 Å². The number of aromatic nitrogens is 5. The number of carbonyl (C=O) groups is 1. The summed E-state index contributed by atoms with van der Waals surface area (Å²) in [7, 11) is 0. The first-order chi connectivity index (χ1) is 16.2. The number of anilines is 2. The molecular formula is C24H30N8O. The number of nitrogens with one attached hydrogen (secondary N) is 3. The molecule has 0 aliphatic heterocycles. The summed E-state index contributed by atoms with van der Waals surface area (Å²) in [6.45, 7) is 4.32. The molecular weight excluding hydrogens is 416 g/mol. The molecule has 9 nitrogen and oxygen atoms in total. The number of amides is 1. The third kappa shape index (κ3) is 5.56. The number of nitrogens with zero attached hydrogens (tertiary/aromatic N) is 4. The van der Waals surface area contributed by atoms with E-state index in [1.54, 1.807) is 12.1 Å². The number of fused-ring (bicyclic) bond motifs is 1. The monoisotopic (exact) mass is 446 g/mol. The van der Waals surface area contributed by atoms with Gasteiger partial charge in [-0.05, 0) is 56.1 Å². The van der Waals surface area contributed by atoms with E-state index in [4.69, 9.17) is 10.7 Å². The van der Waals surface area contributed by atoms with Crippen molar-refractivity contribution >= 4 is 28.6 Å². The number of H-pyrrole nitrogens is 1. The number of aromatic amines is 1. The van der Waals surface area contributed by atoms with Crippen LogP contribution in [0.25, 0.3) is 22.3 Å². The minimum absolute atomic E-state index is 0.0790. The lowest BCUT2D eigenvalue weighted by Gasteiger charge is -2.09. The third-order valence-corrected chi connectivity index (χ3v) is 5.34. The molecule has 9 heteroatoms. The summed E-state index contributed by atoms with van der Waals surface area (Å²) in [4.78, 5) is 24.8. The first kappa shape index (κ1) is 22.5. The standard InChI is InChI=1S/C24H30N8O/c1-2-14-32-16-18(15-28-32)21-20-10-13-26-22(20)31-24(30-21)29-19-8-6-17(7-9-19)23(33)27-12-5-3-4-11-25/h6-10,13,15-16H,2-5,11-12,14,25H2,1H3,(H,27,33)(H2,26,29,30,31). The van der Waals surface area contributed by atoms with Crippen molar-refractivity contribution in [2.45, 2.75) is 39.2 Å². The second kappa shape index (κ2) is 10.7. The number of hydrogen-bond donors (Lipinski definition) is 4. The summed E-state index contributed by atoms with van der Waals surface area (Å²) < 4.78 is 1.92. The van der Waals surface area contributed by atoms with Gasteiger partial charge in [0.05, 0.1) is 11.9 Å². The van der Waals surface area contributed by atoms with Gasteiger partial charge in [-0.1, -0.05) is 13.3 Å². The van der Waals surface area contributed by atoms with Crippen molar-refractivity contribution in [2.75, 3.05) is 18.4 Å². The smallest absolute Gasteiger partial charge is 0.251 e. The fourth-order valence-corrected chi connectivity index (χ4v) is 3.64. The van der Waals surface area contributed by atoms with Crippen LogP contribution in [0.3, 0.4) is 0 Å². The van der Waals surface area contributed by atoms with Crippen LogP contribution in [-0.4, -0.2) is 43.7 Å². The van der Waals surface area contributed by atoms with Gasteiger partial charge in [0.15, 0.2) is 0 Å². The molecule has 0 bridgehead atoms. The third-order valence-electron chi connectivity index (χ3n) is 5.34. The van der Waals surface area contributed by atoms with Gasteiger partial charge in [-0.15, -0.1) is 0 Å². The first-order valence-corrected chi connectivity index (χ1v) is 11.4. The Labute approximate surface area is 192 Å². The highest BCUT2D eigenvalue weighted by Crippen LogP contribution is 2.27. The second-order valence-corrected chi connectivity index (χ2v) is 7.94. The molecule has 0 spiro atoms. The highest BCUT2D eigenvalue weighted by Gasteiger charge is 2.13. The van der Waals surface area contributed by atoms with Crippen molar-refractivity contribution in [3.8, 4) is 11.3 Å². The Morgan fingerprint density at radius 1 is 1.12 bits per heavy atom. The molecule has 0 unspecified atom stereocenters. The first-order valence-electron chi connectivity index (χ1n) is 11.4. The normalized spacial score (nSPS) is 11.1. The fraction of sp³-hybridized carbons (Fsp3) is 0.333. The molecule has 0 fully saturated rings. The van der Waals surface area contributed by atoms with E-state index in [9.17, 15) is 4.79 Å². The van der Waals surface area contributed by atoms with Crippen molar-refractivity contribution in [2.24, 2.45) is 5.73 Å². The van der Waals surface area contributed by atoms with Crippen LogP contribution >= 0.6 is 0 Å². The maximum Gasteiger partial charge on any atom is 0.251 e. The van der Waals surface area contributed by atoms with E-state index >= 15 is 0 Å². The quantitative estimate of drug-likeness (QED) is 0.259. The molecule has 0 aliphatic carbocycles. The highest BCUT2D eigenvalue weighted by atomic mass is 16.1. The van der Waals surface area contributed by atoms with Crippen molar-refractivity contribution in [3.05, 3.63) is 54.5 Å². The summed E-state index contributed by atoms with van der Waals surface area (Å²) in [5.74, 6) is 0.394. The Bertz CT molecular complexity index is 1190. The van der Waals surface area contributed by atoms with E-state index in [1.165, 1.54) is 0 Å². The minimum atomic E-state index is -0.0790. The molecule has 3 aromatic heterocycles. The SMILES string of the molecule is CCCn1cc(-c2nc(Nc3ccc(C(=O)NCCCCCN)cc3)nc3[nH]ccc23)cn1. The maximum atomic E-state index is 12.3. The van der Waals surface area contributed by atoms with Gasteiger partial charge < -0.3 is 21.4 Å². The van der Waals surface area contributed by atoms with Gasteiger partial charge in [0.2, 0.25) is 5.95 Å². The van der Waals surface area contributed by atoms with Crippen LogP contribution in [0.4, 0.5) is 11.6 Å². The van der Waals surface area contributed by atoms with Crippen LogP contribution in [0.2, 0.25) is 0 Å². The van der Waals surface area contributed by atoms with Crippen LogP contribution in [0.5, 0.6) is 0 Å². The summed E-state index contributed by atoms with van der Waals surface area (Å²) >= 11 is 0. The fourth-order valence-electron chi connectivity index (χ4n) is 3.64. The van der Waals surface area contributed by atoms with Gasteiger partial charge in [0, 0.05) is 47.7 Å². The van der Waals surface area contributed by atoms with Gasteiger partial charge >= 0.3 is 0 Å². The van der Waals surface area contributed by atoms with Crippen molar-refractivity contribution < 1.29 is 4.79 Å². The molecule has 0 saturated carbocycles. The highest BCUT2D eigenvalue weighted by molar-refractivity contribution is 5.94. The molecule has 0 saturated heterocycles. The Hall–Kier alpha value is -3.72. The summed E-state index contributed by atoms with van der Waals surface area (Å²) in [5.41, 5.74) is 9.41. The van der Waals surface area contributed by atoms with Crippen molar-refractivity contribution in [1.82, 2.24) is 30.0 Å². The average molecular weight is 447 g/mol. The van der Waals surface area contributed by atoms with Crippen LogP contribution in [-0.2, 0) is 6.54 Å². The molecule has 0 atom stereocenters. The zero-order chi connectivity index (χ0) is 23.0. The predicted molar refractivity (Wildman–Crippen MR) is 130 cm³/mol. The van der Waals surface area contributed by atoms with Crippen LogP contribution in [0, 0.1) is 0 Å². The minimum Gasteiger partial charge on any atom is -0.352 e. The second-order valence-electron chi connectivity index (χ2n) is 7.94. The molecule has 3 heterocycles. The van der Waals surface area contributed by atoms with Crippen molar-refractivity contribution in [1.29, 1.82) is 0 Å². The zero-order valence-electron chi connectivity index (χ0n) is 18.8. The molecule has 0 radical (unpaired) electrons. The lowest BCUT2D eigenvalue weighted by molar-refractivity contribution is 0.0953. The summed E-state index contributed by atoms with van der Waals surface area (Å²) in [5, 5.41) is 11.6. The number of rotatable bonds is 11. The number of unbranched alkanes of at least 4 members (excludes halogenated alkanes) is 2. The molecule has 0 aliphatic rings. The molecule has 1 aromatic carbocycles. The van der Waals surface area contributed by atoms with E-state index in [0.717, 1.165) is 60.2 Å². The number of aryl methyl sites for hydroxylation is 1. The van der Waals surface area contributed by atoms with E-state index < -0.39 is 0 Å². The van der Waals surface area contributed by atoms with E-state index in [2.05, 4.69) is 32.6 Å². The average Bonchev–Trinajstić information content (AvgIpc) is 3.49. The molecule has 5 N–H and O–H groups in total. The summed E-state index contributed by atoms with van der Waals surface area (Å²) in [6, 6.07) is 9.25. The molecule has 33 heavy (non-hydrogen) atoms. The largest absolute Gasteiger partial charge is 0.352 e. The maximum absolute atomic E-state index is 12.3. The number of hydrogen-bond acceptors (Lipinski definition) is 6. The Kier molecular flexibility index (Phi) is 7.31. The zero-order valence-corrected chi connectivity index (χ0v) is 18.8. The van der Waals surface area contributed by atoms with Crippen LogP contribution in [0.15, 0.2) is 48.9 Å². The summed E-state index contributed by atoms with van der Waals surface area (Å²) in [6.07, 6.45) is 9.64. The van der Waals surface area contributed by atoms with E-state index in [1.807, 2.05) is 41.5 Å². The molecule has 1 amide bonds.